The van der Waals surface area contributed by atoms with Crippen LogP contribution in [0.2, 0.25) is 0 Å². The highest BCUT2D eigenvalue weighted by atomic mass is 14.9. The molecule has 0 bridgehead atoms. The van der Waals surface area contributed by atoms with Crippen molar-refractivity contribution < 1.29 is 0 Å². The Morgan fingerprint density at radius 1 is 1.53 bits per heavy atom. The van der Waals surface area contributed by atoms with Gasteiger partial charge in [-0.05, 0) is 24.1 Å². The zero-order chi connectivity index (χ0) is 11.3. The predicted molar refractivity (Wildman–Crippen MR) is 63.5 cm³/mol. The minimum Gasteiger partial charge on any atom is -0.398 e. The van der Waals surface area contributed by atoms with E-state index in [2.05, 4.69) is 19.2 Å². The van der Waals surface area contributed by atoms with Crippen molar-refractivity contribution in [1.82, 2.24) is 0 Å². The Kier molecular flexibility index (Phi) is 3.99. The summed E-state index contributed by atoms with van der Waals surface area (Å²) in [5.41, 5.74) is 7.75. The van der Waals surface area contributed by atoms with E-state index < -0.39 is 0 Å². The number of rotatable bonds is 4. The molecule has 0 aliphatic rings. The van der Waals surface area contributed by atoms with Gasteiger partial charge >= 0.3 is 0 Å². The van der Waals surface area contributed by atoms with E-state index in [1.165, 1.54) is 0 Å². The molecular weight excluding hydrogens is 186 g/mol. The van der Waals surface area contributed by atoms with Crippen LogP contribution in [0, 0.1) is 17.2 Å². The van der Waals surface area contributed by atoms with E-state index in [9.17, 15) is 0 Å². The van der Waals surface area contributed by atoms with Gasteiger partial charge in [0.05, 0.1) is 11.3 Å². The molecule has 0 spiro atoms. The number of hydrogen-bond acceptors (Lipinski definition) is 3. The largest absolute Gasteiger partial charge is 0.398 e. The lowest BCUT2D eigenvalue weighted by atomic mass is 10.1. The molecule has 3 nitrogen and oxygen atoms in total. The van der Waals surface area contributed by atoms with E-state index >= 15 is 0 Å². The molecule has 80 valence electrons. The summed E-state index contributed by atoms with van der Waals surface area (Å²) < 4.78 is 0. The van der Waals surface area contributed by atoms with Crippen LogP contribution in [0.25, 0.3) is 0 Å². The third kappa shape index (κ3) is 3.17. The van der Waals surface area contributed by atoms with Crippen LogP contribution in [0.5, 0.6) is 0 Å². The van der Waals surface area contributed by atoms with Crippen LogP contribution in [0.15, 0.2) is 18.2 Å². The summed E-state index contributed by atoms with van der Waals surface area (Å²) in [5.74, 6) is 0.641. The number of nitrogens with one attached hydrogen (secondary N) is 1. The van der Waals surface area contributed by atoms with Crippen molar-refractivity contribution in [3.63, 3.8) is 0 Å². The van der Waals surface area contributed by atoms with E-state index in [1.54, 1.807) is 12.1 Å². The molecule has 0 aromatic heterocycles. The molecule has 1 aromatic carbocycles. The van der Waals surface area contributed by atoms with Crippen LogP contribution in [0.3, 0.4) is 0 Å². The van der Waals surface area contributed by atoms with Gasteiger partial charge < -0.3 is 11.1 Å². The maximum atomic E-state index is 8.72. The van der Waals surface area contributed by atoms with Crippen molar-refractivity contribution in [2.24, 2.45) is 5.92 Å². The number of nitrogens with zero attached hydrogens (tertiary/aromatic N) is 1. The molecule has 0 aliphatic heterocycles. The smallest absolute Gasteiger partial charge is 0.101 e. The Morgan fingerprint density at radius 3 is 2.80 bits per heavy atom. The number of nitrogen functional groups attached to an aromatic ring is 1. The summed E-state index contributed by atoms with van der Waals surface area (Å²) in [7, 11) is 0. The van der Waals surface area contributed by atoms with E-state index in [0.29, 0.717) is 17.2 Å². The average molecular weight is 203 g/mol. The molecule has 0 fully saturated rings. The average Bonchev–Trinajstić information content (AvgIpc) is 2.26. The maximum absolute atomic E-state index is 8.72. The predicted octanol–water partition coefficient (Wildman–Crippen LogP) is 2.60. The van der Waals surface area contributed by atoms with Crippen LogP contribution in [0.4, 0.5) is 11.4 Å². The molecule has 0 amide bonds. The summed E-state index contributed by atoms with van der Waals surface area (Å²) in [5, 5.41) is 12.0. The minimum absolute atomic E-state index is 0.532. The Bertz CT molecular complexity index is 366. The van der Waals surface area contributed by atoms with Gasteiger partial charge in [0.1, 0.15) is 6.07 Å². The number of benzene rings is 1. The van der Waals surface area contributed by atoms with Crippen molar-refractivity contribution in [3.8, 4) is 6.07 Å². The Labute approximate surface area is 90.9 Å². The van der Waals surface area contributed by atoms with Crippen LogP contribution in [-0.2, 0) is 0 Å². The Morgan fingerprint density at radius 2 is 2.27 bits per heavy atom. The number of anilines is 2. The first-order valence-electron chi connectivity index (χ1n) is 5.20. The Balaban J connectivity index is 2.64. The van der Waals surface area contributed by atoms with E-state index in [4.69, 9.17) is 11.0 Å². The van der Waals surface area contributed by atoms with Crippen LogP contribution in [-0.4, -0.2) is 6.54 Å². The lowest BCUT2D eigenvalue weighted by Gasteiger charge is -2.11. The second-order valence-corrected chi connectivity index (χ2v) is 3.81. The van der Waals surface area contributed by atoms with Gasteiger partial charge in [-0.15, -0.1) is 0 Å². The van der Waals surface area contributed by atoms with Gasteiger partial charge in [-0.3, -0.25) is 0 Å². The van der Waals surface area contributed by atoms with Crippen molar-refractivity contribution in [2.45, 2.75) is 20.3 Å². The van der Waals surface area contributed by atoms with Gasteiger partial charge in [-0.25, -0.2) is 0 Å². The van der Waals surface area contributed by atoms with Gasteiger partial charge in [0.15, 0.2) is 0 Å². The first kappa shape index (κ1) is 11.4. The van der Waals surface area contributed by atoms with Gasteiger partial charge in [0.25, 0.3) is 0 Å². The molecule has 1 unspecified atom stereocenters. The first-order chi connectivity index (χ1) is 7.17. The van der Waals surface area contributed by atoms with Crippen LogP contribution < -0.4 is 11.1 Å². The van der Waals surface area contributed by atoms with Crippen LogP contribution in [0.1, 0.15) is 25.8 Å². The highest BCUT2D eigenvalue weighted by molar-refractivity contribution is 5.62. The third-order valence-electron chi connectivity index (χ3n) is 2.52. The second-order valence-electron chi connectivity index (χ2n) is 3.81. The fourth-order valence-electron chi connectivity index (χ4n) is 1.21. The highest BCUT2D eigenvalue weighted by Gasteiger charge is 2.01. The zero-order valence-corrected chi connectivity index (χ0v) is 9.25. The van der Waals surface area contributed by atoms with Gasteiger partial charge in [-0.2, -0.15) is 5.26 Å². The van der Waals surface area contributed by atoms with Gasteiger partial charge in [0.2, 0.25) is 0 Å². The monoisotopic (exact) mass is 203 g/mol. The maximum Gasteiger partial charge on any atom is 0.101 e. The molecule has 0 heterocycles. The molecule has 1 aromatic rings. The molecule has 0 saturated carbocycles. The fraction of sp³-hybridized carbons (Fsp3) is 0.417. The summed E-state index contributed by atoms with van der Waals surface area (Å²) in [6, 6.07) is 7.48. The van der Waals surface area contributed by atoms with E-state index in [-0.39, 0.29) is 0 Å². The van der Waals surface area contributed by atoms with Crippen molar-refractivity contribution in [2.75, 3.05) is 17.6 Å². The molecule has 15 heavy (non-hydrogen) atoms. The molecule has 3 N–H and O–H groups in total. The standard InChI is InChI=1S/C12H17N3/c1-3-9(2)8-15-11-5-4-10(7-13)12(14)6-11/h4-6,9,15H,3,8,14H2,1-2H3. The summed E-state index contributed by atoms with van der Waals surface area (Å²) in [6.45, 7) is 5.29. The molecule has 0 saturated heterocycles. The van der Waals surface area contributed by atoms with Crippen molar-refractivity contribution in [1.29, 1.82) is 5.26 Å². The summed E-state index contributed by atoms with van der Waals surface area (Å²) in [6.07, 6.45) is 1.15. The SMILES string of the molecule is CCC(C)CNc1ccc(C#N)c(N)c1. The number of hydrogen-bond donors (Lipinski definition) is 2. The summed E-state index contributed by atoms with van der Waals surface area (Å²) >= 11 is 0. The van der Waals surface area contributed by atoms with Crippen molar-refractivity contribution >= 4 is 11.4 Å². The lowest BCUT2D eigenvalue weighted by Crippen LogP contribution is -2.10. The third-order valence-corrected chi connectivity index (χ3v) is 2.52. The van der Waals surface area contributed by atoms with Gasteiger partial charge in [0, 0.05) is 12.2 Å². The molecular formula is C12H17N3. The Hall–Kier alpha value is -1.69. The molecule has 0 radical (unpaired) electrons. The van der Waals surface area contributed by atoms with E-state index in [1.807, 2.05) is 12.1 Å². The highest BCUT2D eigenvalue weighted by Crippen LogP contribution is 2.17. The van der Waals surface area contributed by atoms with Crippen molar-refractivity contribution in [3.05, 3.63) is 23.8 Å². The minimum atomic E-state index is 0.532. The first-order valence-corrected chi connectivity index (χ1v) is 5.20. The van der Waals surface area contributed by atoms with Crippen LogP contribution >= 0.6 is 0 Å². The molecule has 0 aliphatic carbocycles. The molecule has 1 rings (SSSR count). The number of nitrogens with two attached hydrogens (primary N) is 1. The topological polar surface area (TPSA) is 61.8 Å². The second kappa shape index (κ2) is 5.26. The fourth-order valence-corrected chi connectivity index (χ4v) is 1.21. The van der Waals surface area contributed by atoms with Gasteiger partial charge in [-0.1, -0.05) is 20.3 Å². The zero-order valence-electron chi connectivity index (χ0n) is 9.25. The molecule has 3 heteroatoms. The normalized spacial score (nSPS) is 11.8. The number of nitriles is 1. The lowest BCUT2D eigenvalue weighted by molar-refractivity contribution is 0.593. The molecule has 1 atom stereocenters. The van der Waals surface area contributed by atoms with E-state index in [0.717, 1.165) is 18.7 Å². The summed E-state index contributed by atoms with van der Waals surface area (Å²) in [4.78, 5) is 0. The quantitative estimate of drug-likeness (QED) is 0.739.